The summed E-state index contributed by atoms with van der Waals surface area (Å²) >= 11 is 0. The Morgan fingerprint density at radius 3 is 0.750 bits per heavy atom. The molecule has 4 aliphatic heterocycles. The minimum atomic E-state index is -2.57. The highest BCUT2D eigenvalue weighted by Crippen LogP contribution is 2.39. The Bertz CT molecular complexity index is 1290. The fourth-order valence-corrected chi connectivity index (χ4v) is 6.35. The van der Waals surface area contributed by atoms with Crippen molar-refractivity contribution in [2.45, 2.75) is 49.4 Å². The summed E-state index contributed by atoms with van der Waals surface area (Å²) in [6.07, 6.45) is -20.6. The number of benzene rings is 2. The normalized spacial score (nSPS) is 36.8. The number of halogens is 8. The Morgan fingerprint density at radius 2 is 0.562 bits per heavy atom. The highest BCUT2D eigenvalue weighted by atomic mass is 19.2. The number of nitrogens with one attached hydrogen (secondary N) is 4. The van der Waals surface area contributed by atoms with Gasteiger partial charge in [-0.3, -0.25) is 19.2 Å². The zero-order valence-corrected chi connectivity index (χ0v) is 25.0. The van der Waals surface area contributed by atoms with Crippen molar-refractivity contribution < 1.29 is 54.3 Å². The van der Waals surface area contributed by atoms with Crippen molar-refractivity contribution in [3.63, 3.8) is 0 Å². The van der Waals surface area contributed by atoms with Crippen LogP contribution in [0.15, 0.2) is 48.5 Å². The summed E-state index contributed by atoms with van der Waals surface area (Å²) in [5, 5.41) is 8.73. The van der Waals surface area contributed by atoms with Gasteiger partial charge in [-0.2, -0.15) is 0 Å². The molecule has 8 nitrogen and oxygen atoms in total. The third-order valence-electron chi connectivity index (χ3n) is 9.26. The van der Waals surface area contributed by atoms with Gasteiger partial charge in [0.25, 0.3) is 23.6 Å². The second kappa shape index (κ2) is 14.5. The van der Waals surface area contributed by atoms with Crippen molar-refractivity contribution in [3.8, 4) is 0 Å². The minimum absolute atomic E-state index is 0.217. The van der Waals surface area contributed by atoms with Crippen molar-refractivity contribution in [3.05, 3.63) is 70.8 Å². The molecular weight excluding hydrogens is 656 g/mol. The van der Waals surface area contributed by atoms with Crippen LogP contribution in [0.1, 0.15) is 41.4 Å². The zero-order chi connectivity index (χ0) is 34.9. The first-order valence-electron chi connectivity index (χ1n) is 15.3. The van der Waals surface area contributed by atoms with Crippen molar-refractivity contribution in [2.75, 3.05) is 26.2 Å². The Kier molecular flexibility index (Phi) is 10.6. The number of alkyl halides is 8. The Balaban J connectivity index is 1.41. The maximum Gasteiger partial charge on any atom is 0.251 e. The van der Waals surface area contributed by atoms with E-state index in [1.54, 1.807) is 0 Å². The van der Waals surface area contributed by atoms with Gasteiger partial charge in [-0.1, -0.05) is 12.1 Å². The lowest BCUT2D eigenvalue weighted by Gasteiger charge is -2.40. The van der Waals surface area contributed by atoms with E-state index >= 15 is 35.1 Å². The fraction of sp³-hybridized carbons (Fsp3) is 0.500. The highest BCUT2D eigenvalue weighted by molar-refractivity contribution is 6.00. The molecule has 12 atom stereocenters. The van der Waals surface area contributed by atoms with Crippen molar-refractivity contribution in [2.24, 2.45) is 23.7 Å². The number of rotatable bonds is 0. The predicted octanol–water partition coefficient (Wildman–Crippen LogP) is 3.52. The first-order chi connectivity index (χ1) is 22.8. The molecule has 4 heterocycles. The highest BCUT2D eigenvalue weighted by Gasteiger charge is 2.54. The molecular formula is C32H32F8N4O4. The molecule has 0 spiro atoms. The standard InChI is InChI=1S/C32H32F8N4O4/c33-21-17-9-41-29(45)13-3-1-4-14(7-13)30(46)42-10-18-23(35)27(39)20(28(40)24(18)36)12-44-32(48)16-6-2-5-15(8-16)31(47)43-11-19(25(21)37)26(38)22(17)34/h1-8,17-28H,9-12H2,(H,41,45)(H,42,46)(H,43,47)(H,44,48)/t17?,18?,19?,20?,21-,22+,23-,24+,25+,26-,27+,28-. The maximum atomic E-state index is 15.1. The van der Waals surface area contributed by atoms with Crippen LogP contribution in [0.2, 0.25) is 0 Å². The van der Waals surface area contributed by atoms with Crippen molar-refractivity contribution in [1.29, 1.82) is 0 Å². The molecule has 0 aromatic heterocycles. The Labute approximate surface area is 269 Å². The summed E-state index contributed by atoms with van der Waals surface area (Å²) in [4.78, 5) is 51.0. The number of amides is 4. The summed E-state index contributed by atoms with van der Waals surface area (Å²) in [6.45, 7) is -3.33. The quantitative estimate of drug-likeness (QED) is 0.317. The van der Waals surface area contributed by atoms with E-state index in [-0.39, 0.29) is 22.3 Å². The van der Waals surface area contributed by atoms with Gasteiger partial charge in [0.1, 0.15) is 49.4 Å². The molecule has 0 radical (unpaired) electrons. The van der Waals surface area contributed by atoms with Crippen LogP contribution in [-0.2, 0) is 0 Å². The molecule has 260 valence electrons. The lowest BCUT2D eigenvalue weighted by Crippen LogP contribution is -2.57. The average molecular weight is 689 g/mol. The second-order valence-corrected chi connectivity index (χ2v) is 12.2. The summed E-state index contributed by atoms with van der Waals surface area (Å²) in [5.41, 5.74) is -0.867. The summed E-state index contributed by atoms with van der Waals surface area (Å²) < 4.78 is 121. The van der Waals surface area contributed by atoms with E-state index in [9.17, 15) is 19.2 Å². The van der Waals surface area contributed by atoms with Gasteiger partial charge >= 0.3 is 0 Å². The van der Waals surface area contributed by atoms with Gasteiger partial charge in [-0.05, 0) is 36.4 Å². The largest absolute Gasteiger partial charge is 0.352 e. The van der Waals surface area contributed by atoms with Gasteiger partial charge in [0.05, 0.1) is 0 Å². The number of carbonyl (C=O) groups excluding carboxylic acids is 4. The van der Waals surface area contributed by atoms with Crippen LogP contribution in [0.3, 0.4) is 0 Å². The van der Waals surface area contributed by atoms with Crippen LogP contribution in [0, 0.1) is 23.7 Å². The van der Waals surface area contributed by atoms with Crippen LogP contribution in [-0.4, -0.2) is 99.2 Å². The molecule has 48 heavy (non-hydrogen) atoms. The lowest BCUT2D eigenvalue weighted by atomic mass is 9.76. The summed E-state index contributed by atoms with van der Waals surface area (Å²) in [6, 6.07) is 9.37. The van der Waals surface area contributed by atoms with E-state index in [4.69, 9.17) is 0 Å². The summed E-state index contributed by atoms with van der Waals surface area (Å²) in [5.74, 6) is -11.6. The first-order valence-corrected chi connectivity index (χ1v) is 15.3. The molecule has 2 aromatic rings. The van der Waals surface area contributed by atoms with E-state index in [2.05, 4.69) is 21.3 Å². The number of hydrogen-bond donors (Lipinski definition) is 4. The molecule has 8 bridgehead atoms. The average Bonchev–Trinajstić information content (AvgIpc) is 3.09. The van der Waals surface area contributed by atoms with Gasteiger partial charge in [-0.15, -0.1) is 0 Å². The van der Waals surface area contributed by atoms with Crippen LogP contribution >= 0.6 is 0 Å². The molecule has 2 fully saturated rings. The van der Waals surface area contributed by atoms with Gasteiger partial charge < -0.3 is 21.3 Å². The molecule has 4 amide bonds. The minimum Gasteiger partial charge on any atom is -0.352 e. The van der Waals surface area contributed by atoms with Gasteiger partial charge in [-0.25, -0.2) is 35.1 Å². The van der Waals surface area contributed by atoms with E-state index < -0.39 is 123 Å². The summed E-state index contributed by atoms with van der Waals surface area (Å²) in [7, 11) is 0. The molecule has 4 unspecified atom stereocenters. The first kappa shape index (κ1) is 35.1. The van der Waals surface area contributed by atoms with E-state index in [1.807, 2.05) is 0 Å². The van der Waals surface area contributed by atoms with Crippen LogP contribution < -0.4 is 21.3 Å². The molecule has 2 aromatic carbocycles. The molecule has 6 aliphatic rings. The Morgan fingerprint density at radius 1 is 0.375 bits per heavy atom. The third kappa shape index (κ3) is 6.97. The molecule has 8 rings (SSSR count). The SMILES string of the molecule is O=C1NCC2[C@@H](F)[C@@H](F)C(CNC(=O)c3cccc(c3)C(=O)NCC3[C@@H](F)[C@@H](F)C(CNC(=O)c4cccc1c4)[C@@H](F)[C@H]3F)[C@@H](F)[C@H]2F. The molecule has 2 saturated carbocycles. The van der Waals surface area contributed by atoms with Gasteiger partial charge in [0.2, 0.25) is 0 Å². The third-order valence-corrected chi connectivity index (χ3v) is 9.26. The fourth-order valence-electron chi connectivity index (χ4n) is 6.35. The van der Waals surface area contributed by atoms with Gasteiger partial charge in [0.15, 0.2) is 0 Å². The van der Waals surface area contributed by atoms with E-state index in [0.29, 0.717) is 0 Å². The van der Waals surface area contributed by atoms with Gasteiger partial charge in [0, 0.05) is 72.1 Å². The van der Waals surface area contributed by atoms with Crippen LogP contribution in [0.25, 0.3) is 0 Å². The maximum absolute atomic E-state index is 15.1. The zero-order valence-electron chi connectivity index (χ0n) is 25.0. The van der Waals surface area contributed by atoms with Crippen molar-refractivity contribution in [1.82, 2.24) is 21.3 Å². The van der Waals surface area contributed by atoms with E-state index in [1.165, 1.54) is 36.4 Å². The van der Waals surface area contributed by atoms with E-state index in [0.717, 1.165) is 12.1 Å². The Hall–Kier alpha value is -4.24. The number of carbonyl (C=O) groups is 4. The smallest absolute Gasteiger partial charge is 0.251 e. The van der Waals surface area contributed by atoms with Crippen LogP contribution in [0.4, 0.5) is 35.1 Å². The van der Waals surface area contributed by atoms with Crippen molar-refractivity contribution >= 4 is 23.6 Å². The molecule has 4 N–H and O–H groups in total. The topological polar surface area (TPSA) is 116 Å². The predicted molar refractivity (Wildman–Crippen MR) is 155 cm³/mol. The molecule has 16 heteroatoms. The molecule has 0 saturated heterocycles. The second-order valence-electron chi connectivity index (χ2n) is 12.2. The monoisotopic (exact) mass is 688 g/mol. The number of hydrogen-bond acceptors (Lipinski definition) is 4. The lowest BCUT2D eigenvalue weighted by molar-refractivity contribution is -0.0752. The molecule has 2 aliphatic carbocycles. The van der Waals surface area contributed by atoms with Crippen LogP contribution in [0.5, 0.6) is 0 Å².